The summed E-state index contributed by atoms with van der Waals surface area (Å²) in [6.07, 6.45) is 0. The third-order valence-corrected chi connectivity index (χ3v) is 3.92. The van der Waals surface area contributed by atoms with Crippen LogP contribution in [0.1, 0.15) is 20.9 Å². The van der Waals surface area contributed by atoms with Gasteiger partial charge in [0.15, 0.2) is 5.13 Å². The van der Waals surface area contributed by atoms with Crippen LogP contribution in [0.4, 0.5) is 16.5 Å². The van der Waals surface area contributed by atoms with Crippen LogP contribution in [-0.2, 0) is 0 Å². The van der Waals surface area contributed by atoms with Crippen molar-refractivity contribution in [3.8, 4) is 0 Å². The van der Waals surface area contributed by atoms with E-state index in [2.05, 4.69) is 10.3 Å². The number of aryl methyl sites for hydroxylation is 2. The van der Waals surface area contributed by atoms with Gasteiger partial charge in [-0.2, -0.15) is 0 Å². The van der Waals surface area contributed by atoms with Crippen LogP contribution in [-0.4, -0.2) is 10.9 Å². The van der Waals surface area contributed by atoms with Crippen molar-refractivity contribution in [2.75, 3.05) is 11.1 Å². The number of hydrogen-bond donors (Lipinski definition) is 3. The molecule has 0 aliphatic rings. The van der Waals surface area contributed by atoms with Gasteiger partial charge in [-0.3, -0.25) is 4.79 Å². The van der Waals surface area contributed by atoms with Gasteiger partial charge in [0.25, 0.3) is 5.91 Å². The molecule has 0 bridgehead atoms. The van der Waals surface area contributed by atoms with E-state index in [0.717, 1.165) is 10.6 Å². The molecule has 1 heterocycles. The second-order valence-electron chi connectivity index (χ2n) is 4.08. The lowest BCUT2D eigenvalue weighted by molar-refractivity contribution is 0.100. The molecule has 5 nitrogen and oxygen atoms in total. The Morgan fingerprint density at radius 1 is 1.42 bits per heavy atom. The molecular formula is C12H13ClN4OS. The van der Waals surface area contributed by atoms with E-state index < -0.39 is 5.91 Å². The van der Waals surface area contributed by atoms with Crippen LogP contribution in [0, 0.1) is 13.8 Å². The minimum atomic E-state index is -0.596. The highest BCUT2D eigenvalue weighted by Crippen LogP contribution is 2.33. The Morgan fingerprint density at radius 2 is 2.11 bits per heavy atom. The number of nitrogens with zero attached hydrogens (tertiary/aromatic N) is 1. The summed E-state index contributed by atoms with van der Waals surface area (Å²) in [7, 11) is 0. The molecule has 0 saturated heterocycles. The molecule has 0 aliphatic carbocycles. The second-order valence-corrected chi connectivity index (χ2v) is 5.69. The highest BCUT2D eigenvalue weighted by molar-refractivity contribution is 7.15. The number of nitrogen functional groups attached to an aromatic ring is 1. The van der Waals surface area contributed by atoms with E-state index in [1.165, 1.54) is 17.4 Å². The highest BCUT2D eigenvalue weighted by atomic mass is 35.5. The van der Waals surface area contributed by atoms with Crippen LogP contribution in [0.15, 0.2) is 12.1 Å². The number of thiazole rings is 1. The van der Waals surface area contributed by atoms with Gasteiger partial charge in [0.1, 0.15) is 0 Å². The molecule has 0 saturated carbocycles. The molecule has 1 aromatic heterocycles. The predicted octanol–water partition coefficient (Wildman–Crippen LogP) is 2.84. The fraction of sp³-hybridized carbons (Fsp3) is 0.167. The lowest BCUT2D eigenvalue weighted by atomic mass is 10.1. The molecule has 2 aromatic rings. The maximum absolute atomic E-state index is 11.4. The lowest BCUT2D eigenvalue weighted by Gasteiger charge is -2.10. The van der Waals surface area contributed by atoms with E-state index in [0.29, 0.717) is 21.5 Å². The van der Waals surface area contributed by atoms with Crippen molar-refractivity contribution in [2.24, 2.45) is 5.73 Å². The fourth-order valence-electron chi connectivity index (χ4n) is 1.58. The van der Waals surface area contributed by atoms with Gasteiger partial charge in [-0.05, 0) is 26.0 Å². The van der Waals surface area contributed by atoms with Crippen molar-refractivity contribution < 1.29 is 4.79 Å². The van der Waals surface area contributed by atoms with Gasteiger partial charge >= 0.3 is 0 Å². The van der Waals surface area contributed by atoms with Crippen LogP contribution in [0.5, 0.6) is 0 Å². The number of halogens is 1. The molecule has 2 rings (SSSR count). The number of benzene rings is 1. The Bertz CT molecular complexity index is 634. The van der Waals surface area contributed by atoms with Crippen LogP contribution < -0.4 is 16.8 Å². The van der Waals surface area contributed by atoms with Crippen molar-refractivity contribution in [1.82, 2.24) is 4.98 Å². The predicted molar refractivity (Wildman–Crippen MR) is 79.3 cm³/mol. The van der Waals surface area contributed by atoms with Gasteiger partial charge in [-0.25, -0.2) is 4.98 Å². The van der Waals surface area contributed by atoms with E-state index >= 15 is 0 Å². The molecular weight excluding hydrogens is 284 g/mol. The number of carbonyl (C=O) groups excluding carboxylic acids is 1. The molecule has 0 spiro atoms. The van der Waals surface area contributed by atoms with E-state index in [9.17, 15) is 4.79 Å². The van der Waals surface area contributed by atoms with E-state index in [1.807, 2.05) is 13.8 Å². The summed E-state index contributed by atoms with van der Waals surface area (Å²) in [5, 5.41) is 4.02. The smallest absolute Gasteiger partial charge is 0.250 e. The Hall–Kier alpha value is -1.79. The third kappa shape index (κ3) is 2.80. The Kier molecular flexibility index (Phi) is 3.64. The number of primary amides is 1. The molecule has 0 atom stereocenters. The van der Waals surface area contributed by atoms with Crippen molar-refractivity contribution in [3.63, 3.8) is 0 Å². The van der Waals surface area contributed by atoms with E-state index in [-0.39, 0.29) is 5.56 Å². The molecule has 0 radical (unpaired) electrons. The Balaban J connectivity index is 2.47. The van der Waals surface area contributed by atoms with Crippen LogP contribution >= 0.6 is 22.9 Å². The number of nitrogens with one attached hydrogen (secondary N) is 1. The first-order valence-electron chi connectivity index (χ1n) is 5.48. The van der Waals surface area contributed by atoms with Gasteiger partial charge in [-0.15, -0.1) is 11.3 Å². The van der Waals surface area contributed by atoms with Crippen LogP contribution in [0.25, 0.3) is 0 Å². The fourth-order valence-corrected chi connectivity index (χ4v) is 2.68. The summed E-state index contributed by atoms with van der Waals surface area (Å²) in [5.74, 6) is -0.596. The number of carbonyl (C=O) groups is 1. The molecule has 0 fully saturated rings. The van der Waals surface area contributed by atoms with Gasteiger partial charge in [0.05, 0.1) is 22.0 Å². The quantitative estimate of drug-likeness (QED) is 0.759. The van der Waals surface area contributed by atoms with E-state index in [1.54, 1.807) is 6.07 Å². The Labute approximate surface area is 119 Å². The first-order chi connectivity index (χ1) is 8.88. The van der Waals surface area contributed by atoms with Crippen molar-refractivity contribution in [3.05, 3.63) is 33.3 Å². The Morgan fingerprint density at radius 3 is 2.63 bits per heavy atom. The average molecular weight is 297 g/mol. The molecule has 7 heteroatoms. The zero-order valence-corrected chi connectivity index (χ0v) is 12.0. The normalized spacial score (nSPS) is 10.5. The first-order valence-corrected chi connectivity index (χ1v) is 6.68. The van der Waals surface area contributed by atoms with Crippen LogP contribution in [0.3, 0.4) is 0 Å². The van der Waals surface area contributed by atoms with Gasteiger partial charge in [0, 0.05) is 10.6 Å². The summed E-state index contributed by atoms with van der Waals surface area (Å²) in [4.78, 5) is 16.9. The molecule has 19 heavy (non-hydrogen) atoms. The minimum Gasteiger partial charge on any atom is -0.399 e. The molecule has 5 N–H and O–H groups in total. The van der Waals surface area contributed by atoms with E-state index in [4.69, 9.17) is 23.1 Å². The summed E-state index contributed by atoms with van der Waals surface area (Å²) >= 11 is 7.58. The molecule has 1 aromatic carbocycles. The maximum Gasteiger partial charge on any atom is 0.250 e. The standard InChI is InChI=1S/C12H13ClN4OS/c1-5-6(2)19-12(16-5)17-10-8(11(15)18)3-7(14)4-9(10)13/h3-4H,14H2,1-2H3,(H2,15,18)(H,16,17). The van der Waals surface area contributed by atoms with Crippen molar-refractivity contribution in [1.29, 1.82) is 0 Å². The molecule has 1 amide bonds. The van der Waals surface area contributed by atoms with Gasteiger partial charge in [0.2, 0.25) is 0 Å². The van der Waals surface area contributed by atoms with Gasteiger partial charge < -0.3 is 16.8 Å². The molecule has 100 valence electrons. The molecule has 0 aliphatic heterocycles. The zero-order chi connectivity index (χ0) is 14.2. The number of hydrogen-bond acceptors (Lipinski definition) is 5. The summed E-state index contributed by atoms with van der Waals surface area (Å²) in [6, 6.07) is 3.05. The average Bonchev–Trinajstić information content (AvgIpc) is 2.61. The van der Waals surface area contributed by atoms with Crippen molar-refractivity contribution in [2.45, 2.75) is 13.8 Å². The molecule has 0 unspecified atom stereocenters. The number of rotatable bonds is 3. The highest BCUT2D eigenvalue weighted by Gasteiger charge is 2.15. The number of aromatic nitrogens is 1. The number of anilines is 3. The maximum atomic E-state index is 11.4. The summed E-state index contributed by atoms with van der Waals surface area (Å²) < 4.78 is 0. The topological polar surface area (TPSA) is 94.0 Å². The monoisotopic (exact) mass is 296 g/mol. The minimum absolute atomic E-state index is 0.246. The largest absolute Gasteiger partial charge is 0.399 e. The zero-order valence-electron chi connectivity index (χ0n) is 10.5. The number of amides is 1. The first kappa shape index (κ1) is 13.6. The van der Waals surface area contributed by atoms with Gasteiger partial charge in [-0.1, -0.05) is 11.6 Å². The second kappa shape index (κ2) is 5.07. The summed E-state index contributed by atoms with van der Waals surface area (Å²) in [6.45, 7) is 3.88. The number of nitrogens with two attached hydrogens (primary N) is 2. The van der Waals surface area contributed by atoms with Crippen molar-refractivity contribution >= 4 is 45.4 Å². The third-order valence-electron chi connectivity index (χ3n) is 2.64. The SMILES string of the molecule is Cc1nc(Nc2c(Cl)cc(N)cc2C(N)=O)sc1C. The van der Waals surface area contributed by atoms with Crippen LogP contribution in [0.2, 0.25) is 5.02 Å². The summed E-state index contributed by atoms with van der Waals surface area (Å²) in [5.41, 5.74) is 13.0. The lowest BCUT2D eigenvalue weighted by Crippen LogP contribution is -2.14.